The molecule has 27 heavy (non-hydrogen) atoms. The lowest BCUT2D eigenvalue weighted by Gasteiger charge is -2.63. The Bertz CT molecular complexity index is 718. The third kappa shape index (κ3) is 3.01. The van der Waals surface area contributed by atoms with Crippen molar-refractivity contribution in [3.05, 3.63) is 36.0 Å². The van der Waals surface area contributed by atoms with Gasteiger partial charge >= 0.3 is 5.97 Å². The molecule has 2 aliphatic carbocycles. The highest BCUT2D eigenvalue weighted by atomic mass is 16.7. The van der Waals surface area contributed by atoms with Gasteiger partial charge in [0.05, 0.1) is 18.3 Å². The van der Waals surface area contributed by atoms with Gasteiger partial charge in [-0.15, -0.1) is 0 Å². The predicted molar refractivity (Wildman–Crippen MR) is 104 cm³/mol. The maximum absolute atomic E-state index is 11.8. The fourth-order valence-corrected chi connectivity index (χ4v) is 6.07. The number of carbonyl (C=O) groups excluding carboxylic acids is 1. The molecule has 4 heteroatoms. The number of carbonyl (C=O) groups is 1. The summed E-state index contributed by atoms with van der Waals surface area (Å²) >= 11 is 0. The molecule has 0 N–H and O–H groups in total. The molecule has 1 saturated heterocycles. The second-order valence-electron chi connectivity index (χ2n) is 9.69. The average molecular weight is 373 g/mol. The van der Waals surface area contributed by atoms with Crippen LogP contribution in [0.5, 0.6) is 0 Å². The summed E-state index contributed by atoms with van der Waals surface area (Å²) in [5.41, 5.74) is 2.06. The summed E-state index contributed by atoms with van der Waals surface area (Å²) in [6, 6.07) is 0. The highest BCUT2D eigenvalue weighted by Crippen LogP contribution is 2.63. The van der Waals surface area contributed by atoms with Crippen LogP contribution in [0.2, 0.25) is 0 Å². The molecule has 4 aliphatic rings. The van der Waals surface area contributed by atoms with Crippen molar-refractivity contribution in [3.8, 4) is 0 Å². The van der Waals surface area contributed by atoms with Crippen LogP contribution in [0.3, 0.4) is 0 Å². The van der Waals surface area contributed by atoms with E-state index in [2.05, 4.69) is 26.5 Å². The molecule has 5 atom stereocenters. The molecule has 0 aromatic carbocycles. The molecule has 3 fully saturated rings. The number of hydrogen-bond acceptors (Lipinski definition) is 4. The van der Waals surface area contributed by atoms with Gasteiger partial charge in [0, 0.05) is 11.3 Å². The SMILES string of the molecule is C=C1CC[C@@H]2[C@]3(C)COC(C)(C)O[C@@H]3CC[C@@]2(C)[C@@H]1/C=C/C1=CCOC1=O. The van der Waals surface area contributed by atoms with E-state index < -0.39 is 5.79 Å². The largest absolute Gasteiger partial charge is 0.458 e. The van der Waals surface area contributed by atoms with E-state index in [4.69, 9.17) is 14.2 Å². The zero-order chi connectivity index (χ0) is 19.4. The van der Waals surface area contributed by atoms with Gasteiger partial charge in [0.25, 0.3) is 0 Å². The fourth-order valence-electron chi connectivity index (χ4n) is 6.07. The first kappa shape index (κ1) is 18.9. The molecule has 2 saturated carbocycles. The molecular weight excluding hydrogens is 340 g/mol. The summed E-state index contributed by atoms with van der Waals surface area (Å²) < 4.78 is 17.5. The Morgan fingerprint density at radius 2 is 1.96 bits per heavy atom. The van der Waals surface area contributed by atoms with Gasteiger partial charge in [-0.25, -0.2) is 4.79 Å². The monoisotopic (exact) mass is 372 g/mol. The van der Waals surface area contributed by atoms with Crippen molar-refractivity contribution >= 4 is 5.97 Å². The van der Waals surface area contributed by atoms with E-state index in [0.29, 0.717) is 18.1 Å². The van der Waals surface area contributed by atoms with Crippen LogP contribution in [-0.2, 0) is 19.0 Å². The smallest absolute Gasteiger partial charge is 0.338 e. The lowest BCUT2D eigenvalue weighted by atomic mass is 9.46. The van der Waals surface area contributed by atoms with E-state index in [0.717, 1.165) is 32.3 Å². The first-order valence-corrected chi connectivity index (χ1v) is 10.2. The lowest BCUT2D eigenvalue weighted by molar-refractivity contribution is -0.343. The fraction of sp³-hybridized carbons (Fsp3) is 0.696. The van der Waals surface area contributed by atoms with E-state index in [-0.39, 0.29) is 28.8 Å². The highest BCUT2D eigenvalue weighted by Gasteiger charge is 2.60. The molecule has 2 heterocycles. The Kier molecular flexibility index (Phi) is 4.43. The standard InChI is InChI=1S/C23H32O4/c1-15-6-9-18-22(4,17(15)8-7-16-11-13-25-20(16)24)12-10-19-23(18,5)14-26-21(2,3)27-19/h7-8,11,17-19H,1,6,9-10,12-14H2,2-5H3/b8-7+/t17-,18+,19-,22+,23+/m1/s1. The maximum atomic E-state index is 11.8. The molecular formula is C23H32O4. The summed E-state index contributed by atoms with van der Waals surface area (Å²) in [5.74, 6) is 0.0502. The van der Waals surface area contributed by atoms with Gasteiger partial charge in [-0.3, -0.25) is 0 Å². The molecule has 4 nitrogen and oxygen atoms in total. The van der Waals surface area contributed by atoms with E-state index >= 15 is 0 Å². The quantitative estimate of drug-likeness (QED) is 0.526. The first-order valence-electron chi connectivity index (χ1n) is 10.2. The van der Waals surface area contributed by atoms with Crippen molar-refractivity contribution in [2.75, 3.05) is 13.2 Å². The first-order chi connectivity index (χ1) is 12.7. The third-order valence-electron chi connectivity index (χ3n) is 7.56. The van der Waals surface area contributed by atoms with Crippen molar-refractivity contribution in [3.63, 3.8) is 0 Å². The number of cyclic esters (lactones) is 1. The molecule has 0 amide bonds. The number of esters is 1. The van der Waals surface area contributed by atoms with Crippen LogP contribution in [0.25, 0.3) is 0 Å². The molecule has 0 unspecified atom stereocenters. The highest BCUT2D eigenvalue weighted by molar-refractivity contribution is 5.93. The number of fused-ring (bicyclic) bond motifs is 3. The summed E-state index contributed by atoms with van der Waals surface area (Å²) in [7, 11) is 0. The minimum Gasteiger partial charge on any atom is -0.458 e. The molecule has 0 aromatic rings. The van der Waals surface area contributed by atoms with Gasteiger partial charge in [0.2, 0.25) is 0 Å². The summed E-state index contributed by atoms with van der Waals surface area (Å²) in [4.78, 5) is 11.8. The molecule has 0 radical (unpaired) electrons. The van der Waals surface area contributed by atoms with Crippen LogP contribution in [0, 0.1) is 22.7 Å². The van der Waals surface area contributed by atoms with Gasteiger partial charge in [0.15, 0.2) is 5.79 Å². The van der Waals surface area contributed by atoms with E-state index in [1.54, 1.807) is 0 Å². The van der Waals surface area contributed by atoms with E-state index in [9.17, 15) is 4.79 Å². The second kappa shape index (κ2) is 6.31. The van der Waals surface area contributed by atoms with Crippen molar-refractivity contribution in [2.24, 2.45) is 22.7 Å². The summed E-state index contributed by atoms with van der Waals surface area (Å²) in [6.45, 7) is 14.3. The third-order valence-corrected chi connectivity index (χ3v) is 7.56. The van der Waals surface area contributed by atoms with Gasteiger partial charge in [-0.2, -0.15) is 0 Å². The van der Waals surface area contributed by atoms with Crippen LogP contribution in [-0.4, -0.2) is 31.1 Å². The van der Waals surface area contributed by atoms with Gasteiger partial charge < -0.3 is 14.2 Å². The minimum absolute atomic E-state index is 0.0147. The zero-order valence-corrected chi connectivity index (χ0v) is 17.0. The lowest BCUT2D eigenvalue weighted by Crippen LogP contribution is -2.62. The summed E-state index contributed by atoms with van der Waals surface area (Å²) in [5, 5.41) is 0. The Labute approximate surface area is 162 Å². The van der Waals surface area contributed by atoms with Crippen molar-refractivity contribution < 1.29 is 19.0 Å². The van der Waals surface area contributed by atoms with Crippen molar-refractivity contribution in [1.82, 2.24) is 0 Å². The Balaban J connectivity index is 1.63. The normalized spacial score (nSPS) is 43.9. The van der Waals surface area contributed by atoms with Crippen LogP contribution in [0.1, 0.15) is 53.4 Å². The molecule has 4 rings (SSSR count). The van der Waals surface area contributed by atoms with Crippen LogP contribution in [0.15, 0.2) is 36.0 Å². The number of rotatable bonds is 2. The number of ether oxygens (including phenoxy) is 3. The van der Waals surface area contributed by atoms with E-state index in [1.165, 1.54) is 5.57 Å². The van der Waals surface area contributed by atoms with Gasteiger partial charge in [-0.1, -0.05) is 38.2 Å². The molecule has 2 aliphatic heterocycles. The molecule has 0 bridgehead atoms. The Hall–Kier alpha value is -1.39. The van der Waals surface area contributed by atoms with Gasteiger partial charge in [0.1, 0.15) is 6.61 Å². The summed E-state index contributed by atoms with van der Waals surface area (Å²) in [6.07, 6.45) is 10.5. The maximum Gasteiger partial charge on any atom is 0.338 e. The number of hydrogen-bond donors (Lipinski definition) is 0. The predicted octanol–water partition coefficient (Wildman–Crippen LogP) is 4.57. The van der Waals surface area contributed by atoms with Gasteiger partial charge in [-0.05, 0) is 56.9 Å². The Morgan fingerprint density at radius 3 is 2.67 bits per heavy atom. The average Bonchev–Trinajstić information content (AvgIpc) is 3.00. The zero-order valence-electron chi connectivity index (χ0n) is 17.0. The molecule has 148 valence electrons. The minimum atomic E-state index is -0.495. The second-order valence-corrected chi connectivity index (χ2v) is 9.69. The Morgan fingerprint density at radius 1 is 1.19 bits per heavy atom. The topological polar surface area (TPSA) is 44.8 Å². The van der Waals surface area contributed by atoms with E-state index in [1.807, 2.05) is 26.0 Å². The van der Waals surface area contributed by atoms with Crippen molar-refractivity contribution in [2.45, 2.75) is 65.3 Å². The molecule has 0 aromatic heterocycles. The van der Waals surface area contributed by atoms with Crippen molar-refractivity contribution in [1.29, 1.82) is 0 Å². The van der Waals surface area contributed by atoms with Crippen LogP contribution < -0.4 is 0 Å². The van der Waals surface area contributed by atoms with Crippen LogP contribution in [0.4, 0.5) is 0 Å². The molecule has 0 spiro atoms. The van der Waals surface area contributed by atoms with Crippen LogP contribution >= 0.6 is 0 Å². The number of allylic oxidation sites excluding steroid dienone is 2.